The molecule has 2 unspecified atom stereocenters. The zero-order chi connectivity index (χ0) is 14.7. The van der Waals surface area contributed by atoms with Crippen LogP contribution < -0.4 is 14.8 Å². The summed E-state index contributed by atoms with van der Waals surface area (Å²) in [7, 11) is 2.00. The molecule has 0 radical (unpaired) electrons. The van der Waals surface area contributed by atoms with Gasteiger partial charge in [0.2, 0.25) is 0 Å². The van der Waals surface area contributed by atoms with Crippen LogP contribution in [0.15, 0.2) is 48.5 Å². The molecular formula is C18H21NO2. The lowest BCUT2D eigenvalue weighted by atomic mass is 9.93. The van der Waals surface area contributed by atoms with E-state index in [1.807, 2.05) is 38.2 Å². The maximum Gasteiger partial charge on any atom is 0.126 e. The number of para-hydroxylation sites is 1. The van der Waals surface area contributed by atoms with E-state index in [1.165, 1.54) is 5.56 Å². The molecule has 1 N–H and O–H groups in total. The first-order valence-corrected chi connectivity index (χ1v) is 7.47. The van der Waals surface area contributed by atoms with Gasteiger partial charge in [-0.25, -0.2) is 0 Å². The second kappa shape index (κ2) is 6.19. The molecule has 0 saturated carbocycles. The Morgan fingerprint density at radius 3 is 2.86 bits per heavy atom. The van der Waals surface area contributed by atoms with Gasteiger partial charge in [-0.3, -0.25) is 0 Å². The molecule has 21 heavy (non-hydrogen) atoms. The molecule has 0 spiro atoms. The van der Waals surface area contributed by atoms with Crippen molar-refractivity contribution in [2.75, 3.05) is 13.7 Å². The quantitative estimate of drug-likeness (QED) is 0.924. The molecule has 110 valence electrons. The molecule has 1 heterocycles. The van der Waals surface area contributed by atoms with Crippen LogP contribution in [0.5, 0.6) is 11.5 Å². The van der Waals surface area contributed by atoms with Gasteiger partial charge < -0.3 is 14.8 Å². The number of hydrogen-bond acceptors (Lipinski definition) is 3. The average molecular weight is 283 g/mol. The van der Waals surface area contributed by atoms with Gasteiger partial charge in [0.25, 0.3) is 0 Å². The Hall–Kier alpha value is -2.00. The first-order chi connectivity index (χ1) is 10.3. The molecule has 0 amide bonds. The number of fused-ring (bicyclic) bond motifs is 1. The minimum Gasteiger partial charge on any atom is -0.494 e. The van der Waals surface area contributed by atoms with Crippen molar-refractivity contribution in [2.24, 2.45) is 0 Å². The smallest absolute Gasteiger partial charge is 0.126 e. The van der Waals surface area contributed by atoms with Crippen LogP contribution in [-0.2, 0) is 0 Å². The Labute approximate surface area is 125 Å². The van der Waals surface area contributed by atoms with Crippen LogP contribution in [0.3, 0.4) is 0 Å². The highest BCUT2D eigenvalue weighted by Gasteiger charge is 2.28. The third-order valence-corrected chi connectivity index (χ3v) is 3.90. The summed E-state index contributed by atoms with van der Waals surface area (Å²) < 4.78 is 11.8. The largest absolute Gasteiger partial charge is 0.494 e. The second-order valence-electron chi connectivity index (χ2n) is 5.23. The molecule has 2 aromatic carbocycles. The highest BCUT2D eigenvalue weighted by Crippen LogP contribution is 2.40. The fourth-order valence-corrected chi connectivity index (χ4v) is 2.87. The molecule has 3 rings (SSSR count). The Kier molecular flexibility index (Phi) is 4.11. The van der Waals surface area contributed by atoms with Gasteiger partial charge in [0, 0.05) is 18.0 Å². The van der Waals surface area contributed by atoms with E-state index in [9.17, 15) is 0 Å². The summed E-state index contributed by atoms with van der Waals surface area (Å²) in [5.41, 5.74) is 2.40. The van der Waals surface area contributed by atoms with E-state index in [0.717, 1.165) is 23.5 Å². The molecule has 0 fully saturated rings. The molecule has 2 aromatic rings. The molecule has 0 aliphatic carbocycles. The van der Waals surface area contributed by atoms with Crippen LogP contribution >= 0.6 is 0 Å². The van der Waals surface area contributed by atoms with Crippen molar-refractivity contribution < 1.29 is 9.47 Å². The third-order valence-electron chi connectivity index (χ3n) is 3.90. The lowest BCUT2D eigenvalue weighted by molar-refractivity contribution is 0.153. The van der Waals surface area contributed by atoms with Gasteiger partial charge in [0.1, 0.15) is 17.6 Å². The summed E-state index contributed by atoms with van der Waals surface area (Å²) in [4.78, 5) is 0. The maximum atomic E-state index is 6.19. The topological polar surface area (TPSA) is 30.5 Å². The molecule has 0 bridgehead atoms. The molecular weight excluding hydrogens is 262 g/mol. The minimum absolute atomic E-state index is 0.0535. The highest BCUT2D eigenvalue weighted by atomic mass is 16.5. The molecule has 0 saturated heterocycles. The second-order valence-corrected chi connectivity index (χ2v) is 5.23. The summed E-state index contributed by atoms with van der Waals surface area (Å²) in [6.45, 7) is 2.67. The Balaban J connectivity index is 1.89. The predicted octanol–water partition coefficient (Wildman–Crippen LogP) is 3.87. The Morgan fingerprint density at radius 2 is 2.05 bits per heavy atom. The molecule has 3 heteroatoms. The predicted molar refractivity (Wildman–Crippen MR) is 83.8 cm³/mol. The van der Waals surface area contributed by atoms with Crippen LogP contribution in [-0.4, -0.2) is 13.7 Å². The summed E-state index contributed by atoms with van der Waals surface area (Å²) in [6, 6.07) is 16.8. The van der Waals surface area contributed by atoms with E-state index in [1.54, 1.807) is 0 Å². The van der Waals surface area contributed by atoms with Crippen LogP contribution in [0, 0.1) is 0 Å². The monoisotopic (exact) mass is 283 g/mol. The van der Waals surface area contributed by atoms with Crippen LogP contribution in [0.25, 0.3) is 0 Å². The van der Waals surface area contributed by atoms with Gasteiger partial charge in [-0.2, -0.15) is 0 Å². The third kappa shape index (κ3) is 2.88. The van der Waals surface area contributed by atoms with Gasteiger partial charge in [0.05, 0.1) is 6.61 Å². The normalized spacial score (nSPS) is 20.5. The zero-order valence-corrected chi connectivity index (χ0v) is 12.5. The Bertz CT molecular complexity index is 612. The molecule has 1 aliphatic rings. The van der Waals surface area contributed by atoms with Crippen LogP contribution in [0.1, 0.15) is 36.6 Å². The minimum atomic E-state index is 0.0535. The highest BCUT2D eigenvalue weighted by molar-refractivity contribution is 5.40. The van der Waals surface area contributed by atoms with Crippen molar-refractivity contribution in [3.63, 3.8) is 0 Å². The van der Waals surface area contributed by atoms with Gasteiger partial charge >= 0.3 is 0 Å². The zero-order valence-electron chi connectivity index (χ0n) is 12.5. The number of nitrogens with one attached hydrogen (secondary N) is 1. The molecule has 1 aliphatic heterocycles. The van der Waals surface area contributed by atoms with Crippen molar-refractivity contribution in [3.8, 4) is 11.5 Å². The van der Waals surface area contributed by atoms with E-state index in [-0.39, 0.29) is 6.10 Å². The molecule has 0 aromatic heterocycles. The fraction of sp³-hybridized carbons (Fsp3) is 0.333. The lowest BCUT2D eigenvalue weighted by Crippen LogP contribution is -2.26. The van der Waals surface area contributed by atoms with Gasteiger partial charge in [-0.1, -0.05) is 30.3 Å². The van der Waals surface area contributed by atoms with Gasteiger partial charge in [0.15, 0.2) is 0 Å². The first kappa shape index (κ1) is 14.0. The van der Waals surface area contributed by atoms with Gasteiger partial charge in [-0.05, 0) is 37.7 Å². The summed E-state index contributed by atoms with van der Waals surface area (Å²) in [5.74, 6) is 1.87. The molecule has 2 atom stereocenters. The standard InChI is InChI=1S/C18H21NO2/c1-3-20-14-8-6-7-13(11-14)18-12-16(19-2)15-9-4-5-10-17(15)21-18/h4-11,16,18-19H,3,12H2,1-2H3. The molecule has 3 nitrogen and oxygen atoms in total. The van der Waals surface area contributed by atoms with E-state index in [2.05, 4.69) is 29.6 Å². The fourth-order valence-electron chi connectivity index (χ4n) is 2.87. The summed E-state index contributed by atoms with van der Waals surface area (Å²) in [5, 5.41) is 3.39. The van der Waals surface area contributed by atoms with Crippen LogP contribution in [0.2, 0.25) is 0 Å². The van der Waals surface area contributed by atoms with Gasteiger partial charge in [-0.15, -0.1) is 0 Å². The van der Waals surface area contributed by atoms with E-state index >= 15 is 0 Å². The summed E-state index contributed by atoms with van der Waals surface area (Å²) >= 11 is 0. The van der Waals surface area contributed by atoms with E-state index in [0.29, 0.717) is 12.6 Å². The van der Waals surface area contributed by atoms with E-state index < -0.39 is 0 Å². The summed E-state index contributed by atoms with van der Waals surface area (Å²) in [6.07, 6.45) is 0.973. The SMILES string of the molecule is CCOc1cccc(C2CC(NC)c3ccccc3O2)c1. The van der Waals surface area contributed by atoms with Crippen molar-refractivity contribution in [1.82, 2.24) is 5.32 Å². The van der Waals surface area contributed by atoms with Crippen molar-refractivity contribution in [3.05, 3.63) is 59.7 Å². The first-order valence-electron chi connectivity index (χ1n) is 7.47. The number of rotatable bonds is 4. The van der Waals surface area contributed by atoms with E-state index in [4.69, 9.17) is 9.47 Å². The van der Waals surface area contributed by atoms with Crippen molar-refractivity contribution >= 4 is 0 Å². The number of ether oxygens (including phenoxy) is 2. The number of benzene rings is 2. The number of hydrogen-bond donors (Lipinski definition) is 1. The van der Waals surface area contributed by atoms with Crippen molar-refractivity contribution in [1.29, 1.82) is 0 Å². The van der Waals surface area contributed by atoms with Crippen molar-refractivity contribution in [2.45, 2.75) is 25.5 Å². The Morgan fingerprint density at radius 1 is 1.19 bits per heavy atom. The lowest BCUT2D eigenvalue weighted by Gasteiger charge is -2.32. The maximum absolute atomic E-state index is 6.19. The average Bonchev–Trinajstić information content (AvgIpc) is 2.54. The van der Waals surface area contributed by atoms with Crippen LogP contribution in [0.4, 0.5) is 0 Å².